The van der Waals surface area contributed by atoms with Gasteiger partial charge in [-0.1, -0.05) is 56.3 Å². The van der Waals surface area contributed by atoms with Gasteiger partial charge in [0.15, 0.2) is 0 Å². The zero-order valence-electron chi connectivity index (χ0n) is 74.0. The number of ether oxygens (including phenoxy) is 4. The van der Waals surface area contributed by atoms with Crippen molar-refractivity contribution in [3.8, 4) is 47.3 Å². The molecule has 25 nitrogen and oxygen atoms in total. The molecule has 0 saturated heterocycles. The number of thiophene rings is 3. The Morgan fingerprint density at radius 3 is 1.02 bits per heavy atom. The second-order valence-electron chi connectivity index (χ2n) is 36.3. The number of aromatic nitrogens is 6. The van der Waals surface area contributed by atoms with E-state index in [1.54, 1.807) is 37.2 Å². The summed E-state index contributed by atoms with van der Waals surface area (Å²) in [4.78, 5) is 133. The van der Waals surface area contributed by atoms with Gasteiger partial charge in [-0.25, -0.2) is 19.0 Å². The number of aryl methyl sites for hydroxylation is 3. The molecule has 0 atom stereocenters. The molecule has 0 unspecified atom stereocenters. The summed E-state index contributed by atoms with van der Waals surface area (Å²) in [5.74, 6) is 19.7. The molecular weight excluding hydrogens is 1610 g/mol. The largest absolute Gasteiger partial charge is 1.00 e. The summed E-state index contributed by atoms with van der Waals surface area (Å²) >= 11 is 3.67. The van der Waals surface area contributed by atoms with Crippen LogP contribution in [-0.2, 0) is 45.0 Å². The first-order valence-corrected chi connectivity index (χ1v) is 44.8. The van der Waals surface area contributed by atoms with Crippen LogP contribution in [-0.4, -0.2) is 121 Å². The molecule has 6 aliphatic rings. The monoisotopic (exact) mass is 1730 g/mol. The number of H-pyrrole nitrogens is 1. The Hall–Kier alpha value is -8.40. The maximum atomic E-state index is 14.2. The van der Waals surface area contributed by atoms with E-state index in [2.05, 4.69) is 71.6 Å². The minimum absolute atomic E-state index is 0. The van der Waals surface area contributed by atoms with Crippen LogP contribution in [0.3, 0.4) is 0 Å². The van der Waals surface area contributed by atoms with Gasteiger partial charge >= 0.3 is 41.5 Å². The number of aromatic amines is 1. The Balaban J connectivity index is 0.000000214. The number of aromatic carboxylic acids is 1. The number of aliphatic hydroxyl groups excluding tert-OH is 1. The molecule has 6 heterocycles. The molecule has 6 aromatic rings. The third-order valence-corrected chi connectivity index (χ3v) is 25.9. The second kappa shape index (κ2) is 44.3. The summed E-state index contributed by atoms with van der Waals surface area (Å²) in [6, 6.07) is 13.8. The van der Waals surface area contributed by atoms with E-state index in [1.165, 1.54) is 77.6 Å². The van der Waals surface area contributed by atoms with Crippen LogP contribution in [0.2, 0.25) is 0 Å². The van der Waals surface area contributed by atoms with Crippen LogP contribution in [0.5, 0.6) is 11.8 Å². The van der Waals surface area contributed by atoms with E-state index in [0.29, 0.717) is 99.7 Å². The zero-order valence-corrected chi connectivity index (χ0v) is 78.4. The van der Waals surface area contributed by atoms with Crippen LogP contribution in [0, 0.1) is 87.3 Å². The first-order chi connectivity index (χ1) is 56.6. The van der Waals surface area contributed by atoms with Crippen molar-refractivity contribution in [2.24, 2.45) is 72.9 Å². The molecule has 6 saturated carbocycles. The average Bonchev–Trinajstić information content (AvgIpc) is 1.68. The number of aliphatic hydroxyl groups is 1. The second-order valence-corrected chi connectivity index (χ2v) is 39.4. The van der Waals surface area contributed by atoms with E-state index >= 15 is 0 Å². The number of hydrogen-bond acceptors (Lipinski definition) is 21. The van der Waals surface area contributed by atoms with Gasteiger partial charge < -0.3 is 48.7 Å². The van der Waals surface area contributed by atoms with Crippen molar-refractivity contribution in [1.82, 2.24) is 29.3 Å². The maximum absolute atomic E-state index is 14.2. The number of hydrogen-bond donors (Lipinski definition) is 2. The number of carbonyl (C=O) groups excluding carboxylic acids is 6. The Labute approximate surface area is 746 Å². The van der Waals surface area contributed by atoms with E-state index in [1.807, 2.05) is 84.2 Å². The van der Waals surface area contributed by atoms with E-state index in [-0.39, 0.29) is 145 Å². The summed E-state index contributed by atoms with van der Waals surface area (Å²) < 4.78 is 26.0. The summed E-state index contributed by atoms with van der Waals surface area (Å²) in [5.41, 5.74) is 0.184. The summed E-state index contributed by atoms with van der Waals surface area (Å²) in [5, 5.41) is 32.9. The van der Waals surface area contributed by atoms with Crippen molar-refractivity contribution in [2.45, 2.75) is 274 Å². The molecule has 0 aliphatic heterocycles. The van der Waals surface area contributed by atoms with E-state index in [9.17, 15) is 58.2 Å². The van der Waals surface area contributed by atoms with Crippen molar-refractivity contribution in [2.75, 3.05) is 28.9 Å². The van der Waals surface area contributed by atoms with Crippen molar-refractivity contribution >= 4 is 86.7 Å². The molecule has 0 spiro atoms. The van der Waals surface area contributed by atoms with Gasteiger partial charge in [-0.05, 0) is 252 Å². The number of rotatable bonds is 16. The predicted molar refractivity (Wildman–Crippen MR) is 468 cm³/mol. The first kappa shape index (κ1) is 98.0. The van der Waals surface area contributed by atoms with Crippen LogP contribution in [0.15, 0.2) is 73.8 Å². The summed E-state index contributed by atoms with van der Waals surface area (Å²) in [6.07, 6.45) is 19.2. The molecule has 6 aliphatic carbocycles. The maximum Gasteiger partial charge on any atom is 1.00 e. The number of nitrogens with zero attached hydrogens (tertiary/aromatic N) is 8. The van der Waals surface area contributed by atoms with Gasteiger partial charge in [0.05, 0.1) is 62.9 Å². The number of esters is 2. The van der Waals surface area contributed by atoms with Gasteiger partial charge in [0, 0.05) is 110 Å². The molecule has 6 aromatic heterocycles. The number of nitrogens with one attached hydrogen (secondary N) is 1. The fourth-order valence-electron chi connectivity index (χ4n) is 15.9. The molecule has 3 amide bonds. The first-order valence-electron chi connectivity index (χ1n) is 42.4. The fourth-order valence-corrected chi connectivity index (χ4v) is 18.6. The van der Waals surface area contributed by atoms with Crippen molar-refractivity contribution < 1.29 is 87.5 Å². The number of anilines is 3. The Bertz CT molecular complexity index is 5010. The van der Waals surface area contributed by atoms with Crippen molar-refractivity contribution in [3.05, 3.63) is 125 Å². The summed E-state index contributed by atoms with van der Waals surface area (Å²) in [7, 11) is 7.41. The molecule has 2 N–H and O–H groups in total. The molecule has 121 heavy (non-hydrogen) atoms. The molecule has 650 valence electrons. The molecule has 6 fully saturated rings. The molecule has 0 aromatic carbocycles. The van der Waals surface area contributed by atoms with Gasteiger partial charge in [0.2, 0.25) is 29.5 Å². The van der Waals surface area contributed by atoms with Crippen molar-refractivity contribution in [3.63, 3.8) is 0 Å². The number of carboxylic acids is 1. The third kappa shape index (κ3) is 28.6. The SMILES string of the molecule is CC1CCC(C(=O)N(c2cc(C#CC(C)(C)C)sc2C(=O)[O-])C2CCC(Oc3ccc(=O)n(C)n3)CC2)CC1.COC(=O)c1sc(C#CC(C)(C)C)cc1N(C(=O)C1CCC(C)CC1)C1CCC(O)CC1.COC(=O)c1sc(C#CC(C)(C)C)cc1N(C(=O)C1CCC(C)CC1)C1CCC(Oc2ccc(=O)n(C)n2)CC1.Cn1[nH]c(=O)ccc1=O.[Na+]. The minimum atomic E-state index is -1.29. The van der Waals surface area contributed by atoms with Gasteiger partial charge in [-0.15, -0.1) is 44.2 Å². The molecule has 0 bridgehead atoms. The van der Waals surface area contributed by atoms with Gasteiger partial charge in [-0.2, -0.15) is 0 Å². The quantitative estimate of drug-likeness (QED) is 0.0516. The molecular formula is C92H122N9NaO16S3. The van der Waals surface area contributed by atoms with Gasteiger partial charge in [0.25, 0.3) is 22.2 Å². The number of carbonyl (C=O) groups is 6. The summed E-state index contributed by atoms with van der Waals surface area (Å²) in [6.45, 7) is 25.0. The predicted octanol–water partition coefficient (Wildman–Crippen LogP) is 11.2. The standard InChI is InChI=1S/C31H41N3O5S.C30H39N3O5S.C26H37NO4S.C5H6N2O2.Na/c1-20-7-9-21(10-8-20)29(36)34(25-19-24(17-18-31(2,3)4)40-28(25)30(37)38-6)22-11-13-23(14-12-22)39-26-15-16-27(35)33(5)32-26;1-19-6-8-20(9-7-19)28(35)33(24-18-23(16-17-30(2,3)4)39-27(24)29(36)37)21-10-12-22(13-11-21)38-25-14-15-26(34)32(5)31-25;1-17-6-8-18(9-7-17)24(29)27(19-10-12-20(28)13-11-19)22-16-21(14-15-26(2,3)4)32-23(22)25(30)31-5;1-7-5(9)3-2-4(8)6-7;/h15-16,19-23H,7-14H2,1-6H3;14-15,18-22H,6-13H2,1-5H3,(H,36,37);16-20,28H,6-13H2,1-5H3;2-3H,1H3,(H,6,8);/q;;;;+1/p-1. The smallest absolute Gasteiger partial charge is 0.544 e. The van der Waals surface area contributed by atoms with Crippen LogP contribution in [0.25, 0.3) is 0 Å². The minimum Gasteiger partial charge on any atom is -0.544 e. The Morgan fingerprint density at radius 1 is 0.446 bits per heavy atom. The Morgan fingerprint density at radius 2 is 0.744 bits per heavy atom. The normalized spacial score (nSPS) is 22.8. The van der Waals surface area contributed by atoms with Crippen LogP contribution < -0.4 is 81.1 Å². The third-order valence-electron chi connectivity index (χ3n) is 22.8. The average molecular weight is 1730 g/mol. The molecule has 0 radical (unpaired) electrons. The molecule has 29 heteroatoms. The number of amides is 3. The molecule has 12 rings (SSSR count). The zero-order chi connectivity index (χ0) is 87.7. The van der Waals surface area contributed by atoms with E-state index in [4.69, 9.17) is 18.9 Å². The Kier molecular flexibility index (Phi) is 35.9. The van der Waals surface area contributed by atoms with Crippen LogP contribution >= 0.6 is 34.0 Å². The van der Waals surface area contributed by atoms with Gasteiger partial charge in [-0.3, -0.25) is 43.3 Å². The van der Waals surface area contributed by atoms with Crippen molar-refractivity contribution in [1.29, 1.82) is 0 Å². The number of carboxylic acid groups (broad SMARTS) is 1. The fraction of sp³-hybridized carbons (Fsp3) is 0.609. The van der Waals surface area contributed by atoms with Gasteiger partial charge in [0.1, 0.15) is 22.0 Å². The van der Waals surface area contributed by atoms with Crippen LogP contribution in [0.4, 0.5) is 17.1 Å². The number of methoxy groups -OCH3 is 2. The van der Waals surface area contributed by atoms with E-state index < -0.39 is 17.9 Å². The van der Waals surface area contributed by atoms with E-state index in [0.717, 1.165) is 141 Å². The van der Waals surface area contributed by atoms with Crippen LogP contribution in [0.1, 0.15) is 281 Å². The topological polar surface area (TPSA) is 317 Å².